The number of fused-ring (bicyclic) bond motifs is 1. The molecule has 166 valence electrons. The highest BCUT2D eigenvalue weighted by molar-refractivity contribution is 7.14. The van der Waals surface area contributed by atoms with Crippen molar-refractivity contribution in [1.82, 2.24) is 19.9 Å². The molecule has 0 aliphatic rings. The molecule has 0 unspecified atom stereocenters. The minimum atomic E-state index is 0.334. The number of hydrogen-bond donors (Lipinski definition) is 3. The van der Waals surface area contributed by atoms with Crippen LogP contribution in [-0.2, 0) is 0 Å². The zero-order valence-electron chi connectivity index (χ0n) is 18.5. The summed E-state index contributed by atoms with van der Waals surface area (Å²) in [4.78, 5) is 19.0. The zero-order valence-corrected chi connectivity index (χ0v) is 19.4. The van der Waals surface area contributed by atoms with E-state index in [1.165, 1.54) is 22.1 Å². The van der Waals surface area contributed by atoms with E-state index in [9.17, 15) is 0 Å². The van der Waals surface area contributed by atoms with Crippen LogP contribution in [0.4, 0.5) is 22.5 Å². The molecule has 0 saturated heterocycles. The molecule has 2 aromatic carbocycles. The molecular weight excluding hydrogens is 430 g/mol. The second-order valence-electron chi connectivity index (χ2n) is 7.99. The Morgan fingerprint density at radius 3 is 2.48 bits per heavy atom. The van der Waals surface area contributed by atoms with Crippen molar-refractivity contribution < 1.29 is 0 Å². The Balaban J connectivity index is 1.54. The lowest BCUT2D eigenvalue weighted by atomic mass is 10.0. The van der Waals surface area contributed by atoms with Gasteiger partial charge in [-0.25, -0.2) is 15.0 Å². The van der Waals surface area contributed by atoms with Gasteiger partial charge in [0.25, 0.3) is 0 Å². The zero-order chi connectivity index (χ0) is 22.9. The average Bonchev–Trinajstić information content (AvgIpc) is 3.47. The van der Waals surface area contributed by atoms with Gasteiger partial charge >= 0.3 is 0 Å². The molecule has 8 heteroatoms. The maximum atomic E-state index is 5.85. The van der Waals surface area contributed by atoms with Crippen LogP contribution in [0.2, 0.25) is 0 Å². The molecule has 0 amide bonds. The highest BCUT2D eigenvalue weighted by atomic mass is 32.1. The van der Waals surface area contributed by atoms with Gasteiger partial charge in [0.15, 0.2) is 11.0 Å². The largest absolute Gasteiger partial charge is 0.384 e. The van der Waals surface area contributed by atoms with E-state index in [1.807, 2.05) is 11.6 Å². The predicted octanol–water partition coefficient (Wildman–Crippen LogP) is 5.77. The number of benzene rings is 2. The summed E-state index contributed by atoms with van der Waals surface area (Å²) in [6.07, 6.45) is 2.95. The van der Waals surface area contributed by atoms with E-state index in [0.29, 0.717) is 23.2 Å². The molecule has 0 radical (unpaired) electrons. The fourth-order valence-electron chi connectivity index (χ4n) is 3.95. The van der Waals surface area contributed by atoms with Crippen molar-refractivity contribution in [3.8, 4) is 22.6 Å². The van der Waals surface area contributed by atoms with Gasteiger partial charge in [0.05, 0.1) is 0 Å². The standard InChI is InChI=1S/C25H25N7S/c1-3-10-32(25-29-20(14-33-25)24-30-22(26)13-23(27)31-24)21-12-17(5-4-15(21)2)16-6-7-19-18(11-16)8-9-28-19/h4-9,11-14,28H,3,10H2,1-2H3,(H4,26,27,30,31). The third kappa shape index (κ3) is 4.12. The van der Waals surface area contributed by atoms with Crippen molar-refractivity contribution in [1.29, 1.82) is 0 Å². The Labute approximate surface area is 196 Å². The van der Waals surface area contributed by atoms with Crippen molar-refractivity contribution in [2.24, 2.45) is 0 Å². The second kappa shape index (κ2) is 8.55. The molecule has 0 aliphatic heterocycles. The minimum Gasteiger partial charge on any atom is -0.384 e. The van der Waals surface area contributed by atoms with Crippen LogP contribution in [0.25, 0.3) is 33.5 Å². The SMILES string of the molecule is CCCN(c1nc(-c2nc(N)cc(N)n2)cs1)c1cc(-c2ccc3[nH]ccc3c2)ccc1C. The molecule has 0 aliphatic carbocycles. The van der Waals surface area contributed by atoms with Gasteiger partial charge in [-0.05, 0) is 59.7 Å². The van der Waals surface area contributed by atoms with E-state index >= 15 is 0 Å². The van der Waals surface area contributed by atoms with E-state index in [1.54, 1.807) is 17.4 Å². The molecule has 0 spiro atoms. The van der Waals surface area contributed by atoms with Crippen molar-refractivity contribution in [2.75, 3.05) is 22.9 Å². The summed E-state index contributed by atoms with van der Waals surface area (Å²) in [5.41, 5.74) is 18.2. The first-order valence-electron chi connectivity index (χ1n) is 10.8. The van der Waals surface area contributed by atoms with Crippen LogP contribution in [-0.4, -0.2) is 26.5 Å². The maximum absolute atomic E-state index is 5.85. The molecule has 5 rings (SSSR count). The number of nitrogen functional groups attached to an aromatic ring is 2. The number of thiazole rings is 1. The van der Waals surface area contributed by atoms with Gasteiger partial charge < -0.3 is 21.4 Å². The Morgan fingerprint density at radius 1 is 0.939 bits per heavy atom. The Bertz CT molecular complexity index is 1420. The van der Waals surface area contributed by atoms with Crippen LogP contribution in [0.1, 0.15) is 18.9 Å². The van der Waals surface area contributed by atoms with Crippen molar-refractivity contribution in [3.63, 3.8) is 0 Å². The topological polar surface area (TPSA) is 110 Å². The van der Waals surface area contributed by atoms with Crippen LogP contribution in [0, 0.1) is 6.92 Å². The molecule has 7 nitrogen and oxygen atoms in total. The quantitative estimate of drug-likeness (QED) is 0.300. The molecule has 0 atom stereocenters. The Morgan fingerprint density at radius 2 is 1.70 bits per heavy atom. The van der Waals surface area contributed by atoms with Crippen molar-refractivity contribution >= 4 is 44.7 Å². The summed E-state index contributed by atoms with van der Waals surface area (Å²) in [6, 6.07) is 16.7. The summed E-state index contributed by atoms with van der Waals surface area (Å²) >= 11 is 1.56. The first-order chi connectivity index (χ1) is 16.0. The predicted molar refractivity (Wildman–Crippen MR) is 138 cm³/mol. The second-order valence-corrected chi connectivity index (χ2v) is 8.83. The summed E-state index contributed by atoms with van der Waals surface area (Å²) in [7, 11) is 0. The van der Waals surface area contributed by atoms with Gasteiger partial charge in [-0.2, -0.15) is 0 Å². The Kier molecular flexibility index (Phi) is 5.43. The highest BCUT2D eigenvalue weighted by Gasteiger charge is 2.18. The molecule has 3 heterocycles. The lowest BCUT2D eigenvalue weighted by Gasteiger charge is -2.24. The van der Waals surface area contributed by atoms with Crippen LogP contribution >= 0.6 is 11.3 Å². The van der Waals surface area contributed by atoms with Gasteiger partial charge in [-0.1, -0.05) is 25.1 Å². The third-order valence-corrected chi connectivity index (χ3v) is 6.42. The summed E-state index contributed by atoms with van der Waals surface area (Å²) in [5.74, 6) is 1.11. The Hall–Kier alpha value is -3.91. The van der Waals surface area contributed by atoms with Gasteiger partial charge in [-0.15, -0.1) is 11.3 Å². The number of anilines is 4. The molecule has 0 bridgehead atoms. The van der Waals surface area contributed by atoms with Gasteiger partial charge in [-0.3, -0.25) is 0 Å². The number of aromatic amines is 1. The van der Waals surface area contributed by atoms with E-state index in [-0.39, 0.29) is 0 Å². The fraction of sp³-hybridized carbons (Fsp3) is 0.160. The van der Waals surface area contributed by atoms with E-state index < -0.39 is 0 Å². The van der Waals surface area contributed by atoms with Gasteiger partial charge in [0, 0.05) is 35.4 Å². The molecule has 5 aromatic rings. The van der Waals surface area contributed by atoms with Crippen LogP contribution in [0.5, 0.6) is 0 Å². The number of aromatic nitrogens is 4. The molecule has 5 N–H and O–H groups in total. The average molecular weight is 456 g/mol. The molecule has 3 aromatic heterocycles. The number of nitrogens with two attached hydrogens (primary N) is 2. The highest BCUT2D eigenvalue weighted by Crippen LogP contribution is 2.36. The maximum Gasteiger partial charge on any atom is 0.190 e. The van der Waals surface area contributed by atoms with Gasteiger partial charge in [0.2, 0.25) is 0 Å². The smallest absolute Gasteiger partial charge is 0.190 e. The number of H-pyrrole nitrogens is 1. The number of nitrogens with zero attached hydrogens (tertiary/aromatic N) is 4. The molecule has 33 heavy (non-hydrogen) atoms. The molecule has 0 fully saturated rings. The van der Waals surface area contributed by atoms with Crippen molar-refractivity contribution in [2.45, 2.75) is 20.3 Å². The third-order valence-electron chi connectivity index (χ3n) is 5.55. The monoisotopic (exact) mass is 455 g/mol. The summed E-state index contributed by atoms with van der Waals surface area (Å²) < 4.78 is 0. The van der Waals surface area contributed by atoms with Crippen molar-refractivity contribution in [3.05, 3.63) is 65.7 Å². The molecule has 0 saturated carbocycles. The first-order valence-corrected chi connectivity index (χ1v) is 11.7. The number of hydrogen-bond acceptors (Lipinski definition) is 7. The minimum absolute atomic E-state index is 0.334. The number of rotatable bonds is 6. The van der Waals surface area contributed by atoms with E-state index in [0.717, 1.165) is 29.3 Å². The van der Waals surface area contributed by atoms with Gasteiger partial charge in [0.1, 0.15) is 17.3 Å². The summed E-state index contributed by atoms with van der Waals surface area (Å²) in [5, 5.41) is 4.04. The van der Waals surface area contributed by atoms with Crippen LogP contribution in [0.15, 0.2) is 60.1 Å². The van der Waals surface area contributed by atoms with E-state index in [2.05, 4.69) is 76.2 Å². The molecular formula is C25H25N7S. The summed E-state index contributed by atoms with van der Waals surface area (Å²) in [6.45, 7) is 5.14. The lowest BCUT2D eigenvalue weighted by molar-refractivity contribution is 0.878. The number of aryl methyl sites for hydroxylation is 1. The number of nitrogens with one attached hydrogen (secondary N) is 1. The fourth-order valence-corrected chi connectivity index (χ4v) is 4.79. The van der Waals surface area contributed by atoms with Crippen LogP contribution < -0.4 is 16.4 Å². The van der Waals surface area contributed by atoms with E-state index in [4.69, 9.17) is 16.5 Å². The lowest BCUT2D eigenvalue weighted by Crippen LogP contribution is -2.18. The normalized spacial score (nSPS) is 11.2. The first kappa shape index (κ1) is 21.0. The van der Waals surface area contributed by atoms with Crippen LogP contribution in [0.3, 0.4) is 0 Å².